The molecule has 0 aliphatic rings. The Morgan fingerprint density at radius 1 is 1.53 bits per heavy atom. The van der Waals surface area contributed by atoms with Gasteiger partial charge >= 0.3 is 11.9 Å². The average molecular weight is 350 g/mol. The number of amides is 1. The number of hydrogen-bond donors (Lipinski definition) is 2. The number of carboxylic acid groups (broad SMARTS) is 1. The molecule has 2 N–H and O–H groups in total. The van der Waals surface area contributed by atoms with Crippen molar-refractivity contribution in [3.05, 3.63) is 20.8 Å². The lowest BCUT2D eigenvalue weighted by Gasteiger charge is -2.13. The van der Waals surface area contributed by atoms with Crippen LogP contribution in [0, 0.1) is 0 Å². The van der Waals surface area contributed by atoms with Crippen molar-refractivity contribution in [2.75, 3.05) is 7.11 Å². The molecule has 1 unspecified atom stereocenters. The summed E-state index contributed by atoms with van der Waals surface area (Å²) in [6, 6.07) is 0.476. The lowest BCUT2D eigenvalue weighted by molar-refractivity contribution is -0.142. The van der Waals surface area contributed by atoms with Gasteiger partial charge in [-0.25, -0.2) is 4.79 Å². The Hall–Kier alpha value is -1.41. The Kier molecular flexibility index (Phi) is 5.97. The molecule has 1 rings (SSSR count). The van der Waals surface area contributed by atoms with Crippen LogP contribution in [0.15, 0.2) is 15.2 Å². The fourth-order valence-corrected chi connectivity index (χ4v) is 2.43. The Morgan fingerprint density at radius 2 is 2.21 bits per heavy atom. The number of halogens is 1. The summed E-state index contributed by atoms with van der Waals surface area (Å²) in [6.45, 7) is 0. The molecule has 0 fully saturated rings. The monoisotopic (exact) mass is 349 g/mol. The summed E-state index contributed by atoms with van der Waals surface area (Å²) in [5.74, 6) is -2.19. The summed E-state index contributed by atoms with van der Waals surface area (Å²) in [7, 11) is 1.22. The molecule has 0 aromatic carbocycles. The van der Waals surface area contributed by atoms with Crippen LogP contribution in [0.3, 0.4) is 0 Å². The van der Waals surface area contributed by atoms with Crippen LogP contribution in [0.4, 0.5) is 0 Å². The zero-order valence-electron chi connectivity index (χ0n) is 10.0. The second-order valence-electron chi connectivity index (χ2n) is 3.62. The van der Waals surface area contributed by atoms with E-state index in [4.69, 9.17) is 5.11 Å². The van der Waals surface area contributed by atoms with Crippen LogP contribution in [-0.4, -0.2) is 36.1 Å². The van der Waals surface area contributed by atoms with E-state index in [9.17, 15) is 14.4 Å². The zero-order valence-corrected chi connectivity index (χ0v) is 12.4. The van der Waals surface area contributed by atoms with Crippen LogP contribution >= 0.6 is 27.3 Å². The van der Waals surface area contributed by atoms with E-state index in [0.717, 1.165) is 3.79 Å². The molecule has 19 heavy (non-hydrogen) atoms. The highest BCUT2D eigenvalue weighted by Crippen LogP contribution is 2.20. The summed E-state index contributed by atoms with van der Waals surface area (Å²) in [5, 5.41) is 13.0. The molecule has 1 amide bonds. The normalized spacial score (nSPS) is 11.7. The second kappa shape index (κ2) is 7.25. The van der Waals surface area contributed by atoms with E-state index >= 15 is 0 Å². The third-order valence-electron chi connectivity index (χ3n) is 2.30. The number of nitrogens with one attached hydrogen (secondary N) is 1. The van der Waals surface area contributed by atoms with Crippen LogP contribution in [0.25, 0.3) is 0 Å². The van der Waals surface area contributed by atoms with Gasteiger partial charge in [-0.15, -0.1) is 11.3 Å². The third-order valence-corrected chi connectivity index (χ3v) is 3.80. The number of carbonyl (C=O) groups excluding carboxylic acids is 2. The Morgan fingerprint density at radius 3 is 2.68 bits per heavy atom. The minimum absolute atomic E-state index is 0.0148. The Labute approximate surface area is 121 Å². The smallest absolute Gasteiger partial charge is 0.326 e. The number of rotatable bonds is 6. The predicted molar refractivity (Wildman–Crippen MR) is 72.2 cm³/mol. The molecule has 0 aliphatic heterocycles. The molecule has 6 nitrogen and oxygen atoms in total. The number of hydrogen-bond acceptors (Lipinski definition) is 5. The summed E-state index contributed by atoms with van der Waals surface area (Å²) in [6.07, 6.45) is -0.0832. The summed E-state index contributed by atoms with van der Waals surface area (Å²) in [5.41, 5.74) is 0.376. The van der Waals surface area contributed by atoms with Crippen molar-refractivity contribution in [3.63, 3.8) is 0 Å². The van der Waals surface area contributed by atoms with Crippen LogP contribution in [0.5, 0.6) is 0 Å². The molecule has 1 aromatic rings. The molecule has 0 saturated heterocycles. The maximum atomic E-state index is 11.8. The highest BCUT2D eigenvalue weighted by molar-refractivity contribution is 9.11. The molecule has 1 heterocycles. The molecular formula is C11H12BrNO5S. The molecule has 104 valence electrons. The van der Waals surface area contributed by atoms with Crippen molar-refractivity contribution in [2.24, 2.45) is 0 Å². The fraction of sp³-hybridized carbons (Fsp3) is 0.364. The molecule has 1 aromatic heterocycles. The van der Waals surface area contributed by atoms with Gasteiger partial charge in [0.2, 0.25) is 0 Å². The largest absolute Gasteiger partial charge is 0.480 e. The summed E-state index contributed by atoms with van der Waals surface area (Å²) >= 11 is 4.54. The molecule has 0 radical (unpaired) electrons. The van der Waals surface area contributed by atoms with E-state index in [2.05, 4.69) is 26.0 Å². The highest BCUT2D eigenvalue weighted by atomic mass is 79.9. The van der Waals surface area contributed by atoms with Crippen LogP contribution in [0.1, 0.15) is 23.2 Å². The van der Waals surface area contributed by atoms with E-state index in [1.807, 2.05) is 0 Å². The van der Waals surface area contributed by atoms with Crippen molar-refractivity contribution in [2.45, 2.75) is 18.9 Å². The van der Waals surface area contributed by atoms with Crippen molar-refractivity contribution in [1.29, 1.82) is 0 Å². The van der Waals surface area contributed by atoms with Gasteiger partial charge in [0.05, 0.1) is 16.5 Å². The Bertz CT molecular complexity index is 487. The highest BCUT2D eigenvalue weighted by Gasteiger charge is 2.22. The lowest BCUT2D eigenvalue weighted by Crippen LogP contribution is -2.41. The molecule has 1 atom stereocenters. The number of carbonyl (C=O) groups is 3. The number of thiophene rings is 1. The van der Waals surface area contributed by atoms with Gasteiger partial charge in [0.1, 0.15) is 6.04 Å². The van der Waals surface area contributed by atoms with Gasteiger partial charge in [-0.2, -0.15) is 0 Å². The first-order valence-electron chi connectivity index (χ1n) is 5.28. The van der Waals surface area contributed by atoms with Crippen molar-refractivity contribution in [1.82, 2.24) is 5.32 Å². The van der Waals surface area contributed by atoms with Gasteiger partial charge in [-0.1, -0.05) is 0 Å². The van der Waals surface area contributed by atoms with Crippen LogP contribution < -0.4 is 5.32 Å². The topological polar surface area (TPSA) is 92.7 Å². The first-order valence-corrected chi connectivity index (χ1v) is 6.95. The minimum atomic E-state index is -1.19. The second-order valence-corrected chi connectivity index (χ2v) is 5.91. The van der Waals surface area contributed by atoms with E-state index in [0.29, 0.717) is 5.56 Å². The van der Waals surface area contributed by atoms with E-state index < -0.39 is 23.9 Å². The Balaban J connectivity index is 2.61. The van der Waals surface area contributed by atoms with Crippen LogP contribution in [-0.2, 0) is 14.3 Å². The lowest BCUT2D eigenvalue weighted by atomic mass is 10.1. The van der Waals surface area contributed by atoms with Crippen LogP contribution in [0.2, 0.25) is 0 Å². The zero-order chi connectivity index (χ0) is 14.4. The van der Waals surface area contributed by atoms with Gasteiger partial charge in [-0.05, 0) is 28.4 Å². The van der Waals surface area contributed by atoms with E-state index in [1.54, 1.807) is 11.4 Å². The van der Waals surface area contributed by atoms with Crippen molar-refractivity contribution in [3.8, 4) is 0 Å². The summed E-state index contributed by atoms with van der Waals surface area (Å²) in [4.78, 5) is 33.7. The van der Waals surface area contributed by atoms with Gasteiger partial charge in [-0.3, -0.25) is 9.59 Å². The number of methoxy groups -OCH3 is 1. The number of carboxylic acids is 1. The average Bonchev–Trinajstić information content (AvgIpc) is 2.80. The van der Waals surface area contributed by atoms with Gasteiger partial charge in [0.15, 0.2) is 0 Å². The fourth-order valence-electron chi connectivity index (χ4n) is 1.29. The van der Waals surface area contributed by atoms with E-state index in [1.165, 1.54) is 18.4 Å². The van der Waals surface area contributed by atoms with Gasteiger partial charge in [0.25, 0.3) is 5.91 Å². The van der Waals surface area contributed by atoms with Crippen molar-refractivity contribution < 1.29 is 24.2 Å². The van der Waals surface area contributed by atoms with Crippen molar-refractivity contribution >= 4 is 45.1 Å². The first-order chi connectivity index (χ1) is 8.93. The molecule has 0 aliphatic carbocycles. The molecule has 0 spiro atoms. The predicted octanol–water partition coefficient (Wildman–Crippen LogP) is 1.65. The maximum absolute atomic E-state index is 11.8. The molecule has 0 saturated carbocycles. The summed E-state index contributed by atoms with van der Waals surface area (Å²) < 4.78 is 5.20. The van der Waals surface area contributed by atoms with E-state index in [-0.39, 0.29) is 12.8 Å². The number of esters is 1. The molecule has 8 heteroatoms. The third kappa shape index (κ3) is 4.99. The maximum Gasteiger partial charge on any atom is 0.326 e. The quantitative estimate of drug-likeness (QED) is 0.761. The minimum Gasteiger partial charge on any atom is -0.480 e. The molecule has 0 bridgehead atoms. The van der Waals surface area contributed by atoms with Gasteiger partial charge < -0.3 is 15.2 Å². The number of aliphatic carboxylic acids is 1. The molecular weight excluding hydrogens is 338 g/mol. The standard InChI is InChI=1S/C11H12BrNO5S/c1-18-9(14)3-2-7(11(16)17)13-10(15)6-4-8(12)19-5-6/h4-5,7H,2-3H2,1H3,(H,13,15)(H,16,17). The van der Waals surface area contributed by atoms with Gasteiger partial charge in [0, 0.05) is 11.8 Å². The SMILES string of the molecule is COC(=O)CCC(NC(=O)c1csc(Br)c1)C(=O)O. The first kappa shape index (κ1) is 15.6. The number of ether oxygens (including phenoxy) is 1.